The molecule has 0 saturated heterocycles. The van der Waals surface area contributed by atoms with Crippen molar-refractivity contribution in [2.75, 3.05) is 0 Å². The van der Waals surface area contributed by atoms with Gasteiger partial charge in [-0.05, 0) is 30.7 Å². The molecule has 0 fully saturated rings. The second-order valence-electron chi connectivity index (χ2n) is 2.39. The minimum absolute atomic E-state index is 0.141. The number of hydrogen-bond donors (Lipinski definition) is 1. The topological polar surface area (TPSA) is 20.2 Å². The number of halogens is 3. The van der Waals surface area contributed by atoms with Gasteiger partial charge in [0, 0.05) is 0 Å². The molecule has 0 spiro atoms. The highest BCUT2D eigenvalue weighted by molar-refractivity contribution is 5.36. The molecule has 0 heterocycles. The van der Waals surface area contributed by atoms with Crippen LogP contribution >= 0.6 is 0 Å². The first kappa shape index (κ1) is 8.90. The minimum atomic E-state index is -4.43. The number of aromatic hydroxyl groups is 1. The summed E-state index contributed by atoms with van der Waals surface area (Å²) in [5, 5.41) is 8.82. The Labute approximate surface area is 67.5 Å². The van der Waals surface area contributed by atoms with E-state index in [1.807, 2.05) is 0 Å². The summed E-state index contributed by atoms with van der Waals surface area (Å²) < 4.78 is 36.0. The van der Waals surface area contributed by atoms with Crippen LogP contribution in [0.1, 0.15) is 11.1 Å². The molecule has 0 aliphatic rings. The molecule has 1 radical (unpaired) electrons. The van der Waals surface area contributed by atoms with Gasteiger partial charge >= 0.3 is 6.18 Å². The van der Waals surface area contributed by atoms with Gasteiger partial charge in [-0.1, -0.05) is 0 Å². The molecule has 0 aliphatic heterocycles. The summed E-state index contributed by atoms with van der Waals surface area (Å²) in [5.74, 6) is -0.421. The Morgan fingerprint density at radius 3 is 2.17 bits per heavy atom. The molecule has 1 N–H and O–H groups in total. The van der Waals surface area contributed by atoms with Crippen molar-refractivity contribution >= 4 is 0 Å². The summed E-state index contributed by atoms with van der Waals surface area (Å²) >= 11 is 0. The van der Waals surface area contributed by atoms with Crippen molar-refractivity contribution in [2.45, 2.75) is 6.18 Å². The van der Waals surface area contributed by atoms with Crippen LogP contribution < -0.4 is 0 Å². The van der Waals surface area contributed by atoms with Crippen LogP contribution in [0.4, 0.5) is 13.2 Å². The molecular weight excluding hydrogens is 169 g/mol. The summed E-state index contributed by atoms with van der Waals surface area (Å²) in [7, 11) is 0. The van der Waals surface area contributed by atoms with Crippen LogP contribution in [0, 0.1) is 6.92 Å². The van der Waals surface area contributed by atoms with Crippen molar-refractivity contribution in [3.8, 4) is 5.75 Å². The second kappa shape index (κ2) is 2.69. The molecule has 1 rings (SSSR count). The highest BCUT2D eigenvalue weighted by Gasteiger charge is 2.30. The maximum atomic E-state index is 12.0. The van der Waals surface area contributed by atoms with Crippen LogP contribution in [-0.4, -0.2) is 5.11 Å². The lowest BCUT2D eigenvalue weighted by atomic mass is 10.1. The average Bonchev–Trinajstić information content (AvgIpc) is 1.82. The Morgan fingerprint density at radius 2 is 1.75 bits per heavy atom. The molecule has 65 valence electrons. The largest absolute Gasteiger partial charge is 0.508 e. The van der Waals surface area contributed by atoms with E-state index in [4.69, 9.17) is 5.11 Å². The van der Waals surface area contributed by atoms with Crippen LogP contribution in [-0.2, 0) is 6.18 Å². The molecule has 1 nitrogen and oxygen atoms in total. The SMILES string of the molecule is [CH2]c1cc(O)cc(C(F)(F)F)c1. The fourth-order valence-electron chi connectivity index (χ4n) is 0.838. The maximum absolute atomic E-state index is 12.0. The van der Waals surface area contributed by atoms with Gasteiger partial charge in [0.25, 0.3) is 0 Å². The summed E-state index contributed by atoms with van der Waals surface area (Å²) in [5.41, 5.74) is -0.741. The van der Waals surface area contributed by atoms with Crippen LogP contribution in [0.15, 0.2) is 18.2 Å². The van der Waals surface area contributed by atoms with Gasteiger partial charge in [-0.15, -0.1) is 0 Å². The highest BCUT2D eigenvalue weighted by atomic mass is 19.4. The average molecular weight is 175 g/mol. The third-order valence-electron chi connectivity index (χ3n) is 1.30. The second-order valence-corrected chi connectivity index (χ2v) is 2.39. The van der Waals surface area contributed by atoms with E-state index in [1.54, 1.807) is 0 Å². The van der Waals surface area contributed by atoms with E-state index in [2.05, 4.69) is 6.92 Å². The van der Waals surface area contributed by atoms with Crippen molar-refractivity contribution < 1.29 is 18.3 Å². The molecule has 0 bridgehead atoms. The molecule has 0 amide bonds. The smallest absolute Gasteiger partial charge is 0.416 e. The molecule has 0 saturated carbocycles. The quantitative estimate of drug-likeness (QED) is 0.642. The molecule has 0 aliphatic carbocycles. The van der Waals surface area contributed by atoms with Crippen LogP contribution in [0.3, 0.4) is 0 Å². The zero-order valence-electron chi connectivity index (χ0n) is 6.02. The Hall–Kier alpha value is -1.19. The Morgan fingerprint density at radius 1 is 1.17 bits per heavy atom. The van der Waals surface area contributed by atoms with Gasteiger partial charge < -0.3 is 5.11 Å². The Bertz CT molecular complexity index is 271. The zero-order chi connectivity index (χ0) is 9.35. The lowest BCUT2D eigenvalue weighted by Gasteiger charge is -2.07. The molecule has 1 aromatic rings. The van der Waals surface area contributed by atoms with Gasteiger partial charge in [0.05, 0.1) is 5.56 Å². The monoisotopic (exact) mass is 175 g/mol. The molecule has 12 heavy (non-hydrogen) atoms. The van der Waals surface area contributed by atoms with Gasteiger partial charge in [-0.3, -0.25) is 0 Å². The standard InChI is InChI=1S/C8H6F3O/c1-5-2-6(8(9,10)11)4-7(12)3-5/h2-4,12H,1H2. The fraction of sp³-hybridized carbons (Fsp3) is 0.125. The van der Waals surface area contributed by atoms with E-state index < -0.39 is 17.5 Å². The summed E-state index contributed by atoms with van der Waals surface area (Å²) in [4.78, 5) is 0. The van der Waals surface area contributed by atoms with Gasteiger partial charge in [-0.2, -0.15) is 13.2 Å². The predicted octanol–water partition coefficient (Wildman–Crippen LogP) is 2.59. The van der Waals surface area contributed by atoms with E-state index in [0.29, 0.717) is 6.07 Å². The lowest BCUT2D eigenvalue weighted by Crippen LogP contribution is -2.04. The van der Waals surface area contributed by atoms with Gasteiger partial charge in [0.2, 0.25) is 0 Å². The van der Waals surface area contributed by atoms with Crippen molar-refractivity contribution in [2.24, 2.45) is 0 Å². The fourth-order valence-corrected chi connectivity index (χ4v) is 0.838. The van der Waals surface area contributed by atoms with E-state index in [-0.39, 0.29) is 5.56 Å². The number of benzene rings is 1. The van der Waals surface area contributed by atoms with Gasteiger partial charge in [0.1, 0.15) is 5.75 Å². The van der Waals surface area contributed by atoms with Gasteiger partial charge in [-0.25, -0.2) is 0 Å². The molecular formula is C8H6F3O. The number of phenols is 1. The Balaban J connectivity index is 3.18. The van der Waals surface area contributed by atoms with E-state index in [0.717, 1.165) is 12.1 Å². The van der Waals surface area contributed by atoms with Crippen molar-refractivity contribution in [1.82, 2.24) is 0 Å². The van der Waals surface area contributed by atoms with Crippen molar-refractivity contribution in [3.05, 3.63) is 36.2 Å². The number of hydrogen-bond acceptors (Lipinski definition) is 1. The first-order valence-corrected chi connectivity index (χ1v) is 3.13. The summed E-state index contributed by atoms with van der Waals surface area (Å²) in [6.07, 6.45) is -4.43. The first-order chi connectivity index (χ1) is 5.39. The zero-order valence-corrected chi connectivity index (χ0v) is 6.02. The molecule has 0 unspecified atom stereocenters. The van der Waals surface area contributed by atoms with E-state index in [1.165, 1.54) is 0 Å². The predicted molar refractivity (Wildman–Crippen MR) is 37.6 cm³/mol. The van der Waals surface area contributed by atoms with Crippen LogP contribution in [0.5, 0.6) is 5.75 Å². The summed E-state index contributed by atoms with van der Waals surface area (Å²) in [6.45, 7) is 3.30. The van der Waals surface area contributed by atoms with Gasteiger partial charge in [0.15, 0.2) is 0 Å². The molecule has 4 heteroatoms. The first-order valence-electron chi connectivity index (χ1n) is 3.13. The number of alkyl halides is 3. The van der Waals surface area contributed by atoms with Crippen molar-refractivity contribution in [1.29, 1.82) is 0 Å². The lowest BCUT2D eigenvalue weighted by molar-refractivity contribution is -0.137. The number of phenolic OH excluding ortho intramolecular Hbond substituents is 1. The molecule has 0 atom stereocenters. The van der Waals surface area contributed by atoms with Crippen LogP contribution in [0.25, 0.3) is 0 Å². The van der Waals surface area contributed by atoms with E-state index in [9.17, 15) is 13.2 Å². The maximum Gasteiger partial charge on any atom is 0.416 e. The Kier molecular flexibility index (Phi) is 2.00. The highest BCUT2D eigenvalue weighted by Crippen LogP contribution is 2.31. The third kappa shape index (κ3) is 1.90. The minimum Gasteiger partial charge on any atom is -0.508 e. The third-order valence-corrected chi connectivity index (χ3v) is 1.30. The molecule has 1 aromatic carbocycles. The summed E-state index contributed by atoms with van der Waals surface area (Å²) in [6, 6.07) is 2.70. The normalized spacial score (nSPS) is 11.7. The van der Waals surface area contributed by atoms with Crippen molar-refractivity contribution in [3.63, 3.8) is 0 Å². The van der Waals surface area contributed by atoms with Crippen LogP contribution in [0.2, 0.25) is 0 Å². The van der Waals surface area contributed by atoms with E-state index >= 15 is 0 Å². The molecule has 0 aromatic heterocycles. The number of rotatable bonds is 0.